The third kappa shape index (κ3) is 6.31. The molecule has 2 heterocycles. The summed E-state index contributed by atoms with van der Waals surface area (Å²) in [7, 11) is 0. The Morgan fingerprint density at radius 2 is 1.87 bits per heavy atom. The van der Waals surface area contributed by atoms with E-state index in [-0.39, 0.29) is 5.91 Å². The molecule has 0 fully saturated rings. The van der Waals surface area contributed by atoms with Gasteiger partial charge in [0.2, 0.25) is 11.9 Å². The highest BCUT2D eigenvalue weighted by molar-refractivity contribution is 5.74. The highest BCUT2D eigenvalue weighted by Gasteiger charge is 2.07. The predicted octanol–water partition coefficient (Wildman–Crippen LogP) is 3.82. The number of unbranched alkanes of at least 4 members (excludes halogenated alkanes) is 3. The van der Waals surface area contributed by atoms with Crippen molar-refractivity contribution >= 4 is 17.5 Å². The van der Waals surface area contributed by atoms with Gasteiger partial charge in [-0.05, 0) is 31.0 Å². The molecule has 0 atom stereocenters. The number of hydroxylamine groups is 1. The fourth-order valence-electron chi connectivity index (χ4n) is 2.93. The van der Waals surface area contributed by atoms with Gasteiger partial charge >= 0.3 is 0 Å². The van der Waals surface area contributed by atoms with Crippen LogP contribution in [0.2, 0.25) is 0 Å². The number of benzene rings is 1. The number of halogens is 2. The van der Waals surface area contributed by atoms with Crippen LogP contribution in [0.3, 0.4) is 0 Å². The molecule has 3 N–H and O–H groups in total. The standard InChI is InChI=1S/C20H22F2N6O2/c21-15-9-14(10-16(22)11-15)18-6-7-23-20(26-18)25-17-12-24-28(13-17)8-4-2-1-3-5-19(29)27-30/h6-7,9-13,30H,1-5,8H2,(H,27,29)(H,23,25,26). The SMILES string of the molecule is O=C(CCCCCCn1cc(Nc2nccc(-c3cc(F)cc(F)c3)n2)cn1)NO. The molecule has 0 bridgehead atoms. The van der Waals surface area contributed by atoms with E-state index in [9.17, 15) is 13.6 Å². The molecular weight excluding hydrogens is 394 g/mol. The first kappa shape index (κ1) is 21.3. The van der Waals surface area contributed by atoms with Crippen molar-refractivity contribution in [3.8, 4) is 11.3 Å². The molecule has 158 valence electrons. The lowest BCUT2D eigenvalue weighted by Gasteiger charge is -2.05. The summed E-state index contributed by atoms with van der Waals surface area (Å²) in [5.74, 6) is -1.42. The summed E-state index contributed by atoms with van der Waals surface area (Å²) in [6.45, 7) is 0.720. The van der Waals surface area contributed by atoms with Crippen LogP contribution in [0, 0.1) is 11.6 Å². The molecule has 3 rings (SSSR count). The second-order valence-corrected chi connectivity index (χ2v) is 6.74. The Labute approximate surface area is 171 Å². The van der Waals surface area contributed by atoms with Crippen LogP contribution in [-0.4, -0.2) is 30.9 Å². The van der Waals surface area contributed by atoms with Crippen LogP contribution < -0.4 is 10.8 Å². The lowest BCUT2D eigenvalue weighted by molar-refractivity contribution is -0.129. The number of anilines is 2. The van der Waals surface area contributed by atoms with E-state index in [0.29, 0.717) is 29.3 Å². The smallest absolute Gasteiger partial charge is 0.243 e. The number of nitrogens with one attached hydrogen (secondary N) is 2. The zero-order valence-corrected chi connectivity index (χ0v) is 16.2. The minimum atomic E-state index is -0.670. The Morgan fingerprint density at radius 3 is 2.63 bits per heavy atom. The first-order valence-electron chi connectivity index (χ1n) is 9.55. The number of carbonyl (C=O) groups excluding carboxylic acids is 1. The Bertz CT molecular complexity index is 975. The fraction of sp³-hybridized carbons (Fsp3) is 0.300. The Kier molecular flexibility index (Phi) is 7.39. The van der Waals surface area contributed by atoms with E-state index < -0.39 is 11.6 Å². The van der Waals surface area contributed by atoms with Crippen molar-refractivity contribution < 1.29 is 18.8 Å². The molecule has 0 saturated carbocycles. The lowest BCUT2D eigenvalue weighted by atomic mass is 10.1. The largest absolute Gasteiger partial charge is 0.321 e. The minimum absolute atomic E-state index is 0.291. The molecule has 0 aliphatic rings. The van der Waals surface area contributed by atoms with E-state index >= 15 is 0 Å². The van der Waals surface area contributed by atoms with Gasteiger partial charge < -0.3 is 5.32 Å². The Balaban J connectivity index is 1.51. The quantitative estimate of drug-likeness (QED) is 0.264. The summed E-state index contributed by atoms with van der Waals surface area (Å²) in [6, 6.07) is 4.81. The van der Waals surface area contributed by atoms with E-state index in [1.54, 1.807) is 22.4 Å². The number of hydrogen-bond acceptors (Lipinski definition) is 6. The van der Waals surface area contributed by atoms with Gasteiger partial charge in [0.05, 0.1) is 17.6 Å². The van der Waals surface area contributed by atoms with E-state index in [1.165, 1.54) is 18.3 Å². The summed E-state index contributed by atoms with van der Waals surface area (Å²) in [6.07, 6.45) is 8.74. The summed E-state index contributed by atoms with van der Waals surface area (Å²) in [5.41, 5.74) is 3.03. The van der Waals surface area contributed by atoms with Gasteiger partial charge in [-0.15, -0.1) is 0 Å². The highest BCUT2D eigenvalue weighted by atomic mass is 19.1. The zero-order valence-electron chi connectivity index (χ0n) is 16.2. The summed E-state index contributed by atoms with van der Waals surface area (Å²) in [4.78, 5) is 19.4. The monoisotopic (exact) mass is 416 g/mol. The molecule has 0 aliphatic carbocycles. The van der Waals surface area contributed by atoms with Crippen LogP contribution in [0.1, 0.15) is 32.1 Å². The van der Waals surface area contributed by atoms with Gasteiger partial charge in [0.15, 0.2) is 0 Å². The third-order valence-corrected chi connectivity index (χ3v) is 4.37. The van der Waals surface area contributed by atoms with Gasteiger partial charge in [-0.1, -0.05) is 12.8 Å². The van der Waals surface area contributed by atoms with Gasteiger partial charge in [-0.25, -0.2) is 24.2 Å². The first-order valence-corrected chi connectivity index (χ1v) is 9.55. The van der Waals surface area contributed by atoms with Crippen LogP contribution in [0.15, 0.2) is 42.9 Å². The number of aromatic nitrogens is 4. The zero-order chi connectivity index (χ0) is 21.3. The Morgan fingerprint density at radius 1 is 1.10 bits per heavy atom. The molecule has 0 saturated heterocycles. The van der Waals surface area contributed by atoms with Crippen LogP contribution in [0.5, 0.6) is 0 Å². The van der Waals surface area contributed by atoms with Gasteiger partial charge in [-0.3, -0.25) is 14.7 Å². The molecule has 0 spiro atoms. The molecule has 2 aromatic heterocycles. The average molecular weight is 416 g/mol. The molecule has 0 unspecified atom stereocenters. The summed E-state index contributed by atoms with van der Waals surface area (Å²) in [5, 5.41) is 15.7. The molecule has 3 aromatic rings. The molecule has 30 heavy (non-hydrogen) atoms. The second-order valence-electron chi connectivity index (χ2n) is 6.74. The molecule has 10 heteroatoms. The van der Waals surface area contributed by atoms with Crippen LogP contribution in [0.4, 0.5) is 20.4 Å². The highest BCUT2D eigenvalue weighted by Crippen LogP contribution is 2.21. The lowest BCUT2D eigenvalue weighted by Crippen LogP contribution is -2.17. The van der Waals surface area contributed by atoms with Crippen molar-refractivity contribution in [3.63, 3.8) is 0 Å². The summed E-state index contributed by atoms with van der Waals surface area (Å²) >= 11 is 0. The second kappa shape index (κ2) is 10.4. The minimum Gasteiger partial charge on any atom is -0.321 e. The van der Waals surface area contributed by atoms with Crippen molar-refractivity contribution in [2.45, 2.75) is 38.6 Å². The van der Waals surface area contributed by atoms with Crippen molar-refractivity contribution in [1.82, 2.24) is 25.2 Å². The molecule has 1 amide bonds. The third-order valence-electron chi connectivity index (χ3n) is 4.37. The van der Waals surface area contributed by atoms with E-state index in [2.05, 4.69) is 20.4 Å². The van der Waals surface area contributed by atoms with Crippen LogP contribution in [0.25, 0.3) is 11.3 Å². The van der Waals surface area contributed by atoms with Gasteiger partial charge in [-0.2, -0.15) is 5.10 Å². The van der Waals surface area contributed by atoms with E-state index in [1.807, 2.05) is 6.20 Å². The normalized spacial score (nSPS) is 10.8. The maximum Gasteiger partial charge on any atom is 0.243 e. The van der Waals surface area contributed by atoms with E-state index in [4.69, 9.17) is 5.21 Å². The van der Waals surface area contributed by atoms with Crippen LogP contribution in [-0.2, 0) is 11.3 Å². The number of nitrogens with zero attached hydrogens (tertiary/aromatic N) is 4. The molecule has 1 aromatic carbocycles. The van der Waals surface area contributed by atoms with Gasteiger partial charge in [0.25, 0.3) is 0 Å². The van der Waals surface area contributed by atoms with Crippen molar-refractivity contribution in [2.75, 3.05) is 5.32 Å². The topological polar surface area (TPSA) is 105 Å². The molecule has 0 aliphatic heterocycles. The number of hydrogen-bond donors (Lipinski definition) is 3. The summed E-state index contributed by atoms with van der Waals surface area (Å²) < 4.78 is 28.7. The fourth-order valence-corrected chi connectivity index (χ4v) is 2.93. The average Bonchev–Trinajstić information content (AvgIpc) is 3.17. The van der Waals surface area contributed by atoms with Gasteiger partial charge in [0.1, 0.15) is 11.6 Å². The molecule has 8 nitrogen and oxygen atoms in total. The van der Waals surface area contributed by atoms with Crippen molar-refractivity contribution in [2.24, 2.45) is 0 Å². The van der Waals surface area contributed by atoms with Crippen LogP contribution >= 0.6 is 0 Å². The number of carbonyl (C=O) groups is 1. The van der Waals surface area contributed by atoms with Crippen molar-refractivity contribution in [3.05, 3.63) is 54.5 Å². The maximum absolute atomic E-state index is 13.4. The number of aryl methyl sites for hydroxylation is 1. The first-order chi connectivity index (χ1) is 14.5. The molecular formula is C20H22F2N6O2. The predicted molar refractivity (Wildman–Crippen MR) is 106 cm³/mol. The van der Waals surface area contributed by atoms with E-state index in [0.717, 1.165) is 38.3 Å². The number of amides is 1. The molecule has 0 radical (unpaired) electrons. The van der Waals surface area contributed by atoms with Crippen molar-refractivity contribution in [1.29, 1.82) is 0 Å². The number of rotatable bonds is 10. The maximum atomic E-state index is 13.4. The van der Waals surface area contributed by atoms with Gasteiger partial charge in [0, 0.05) is 37.0 Å². The Hall–Kier alpha value is -3.40.